The molecule has 0 unspecified atom stereocenters. The van der Waals surface area contributed by atoms with Crippen molar-refractivity contribution in [1.82, 2.24) is 25.5 Å². The maximum Gasteiger partial charge on any atom is 0.418 e. The van der Waals surface area contributed by atoms with E-state index in [1.165, 1.54) is 6.20 Å². The lowest BCUT2D eigenvalue weighted by Gasteiger charge is -2.12. The van der Waals surface area contributed by atoms with E-state index >= 15 is 0 Å². The van der Waals surface area contributed by atoms with Gasteiger partial charge in [0.2, 0.25) is 0 Å². The Morgan fingerprint density at radius 2 is 1.68 bits per heavy atom. The first-order valence-corrected chi connectivity index (χ1v) is 10.9. The minimum Gasteiger partial charge on any atom is -0.323 e. The number of carbonyl (C=O) groups is 2. The van der Waals surface area contributed by atoms with Crippen molar-refractivity contribution < 1.29 is 22.8 Å². The van der Waals surface area contributed by atoms with Crippen LogP contribution in [0.3, 0.4) is 0 Å². The maximum absolute atomic E-state index is 12.9. The number of benzene rings is 1. The lowest BCUT2D eigenvalue weighted by Crippen LogP contribution is -2.16. The normalized spacial score (nSPS) is 10.8. The Balaban J connectivity index is 0.00000121. The van der Waals surface area contributed by atoms with Crippen molar-refractivity contribution >= 4 is 17.9 Å². The van der Waals surface area contributed by atoms with Crippen LogP contribution < -0.4 is 10.6 Å². The number of nitrogens with one attached hydrogen (secondary N) is 2. The Morgan fingerprint density at radius 1 is 0.946 bits per heavy atom. The summed E-state index contributed by atoms with van der Waals surface area (Å²) in [6.45, 7) is 1.88. The molecule has 0 bridgehead atoms. The predicted octanol–water partition coefficient (Wildman–Crippen LogP) is 4.83. The average molecular weight is 509 g/mol. The van der Waals surface area contributed by atoms with Gasteiger partial charge in [0.05, 0.1) is 11.8 Å². The highest BCUT2D eigenvalue weighted by Gasteiger charge is 2.32. The molecule has 0 saturated carbocycles. The van der Waals surface area contributed by atoms with Crippen molar-refractivity contribution in [2.75, 3.05) is 19.4 Å². The molecule has 0 aliphatic carbocycles. The molecule has 0 saturated heterocycles. The Kier molecular flexibility index (Phi) is 8.75. The van der Waals surface area contributed by atoms with Gasteiger partial charge < -0.3 is 10.6 Å². The van der Waals surface area contributed by atoms with E-state index in [1.807, 2.05) is 27.1 Å². The molecule has 1 amide bonds. The summed E-state index contributed by atoms with van der Waals surface area (Å²) < 4.78 is 38.7. The number of alkyl halides is 3. The summed E-state index contributed by atoms with van der Waals surface area (Å²) in [5.41, 5.74) is 3.05. The van der Waals surface area contributed by atoms with E-state index in [9.17, 15) is 22.8 Å². The number of hydrogen-bond acceptors (Lipinski definition) is 7. The van der Waals surface area contributed by atoms with E-state index in [-0.39, 0.29) is 0 Å². The molecule has 190 valence electrons. The molecule has 8 nitrogen and oxygen atoms in total. The zero-order chi connectivity index (χ0) is 27.0. The van der Waals surface area contributed by atoms with Gasteiger partial charge in [-0.15, -0.1) is 5.10 Å². The number of amides is 1. The van der Waals surface area contributed by atoms with Crippen LogP contribution in [-0.2, 0) is 6.18 Å². The summed E-state index contributed by atoms with van der Waals surface area (Å²) in [5, 5.41) is 12.1. The van der Waals surface area contributed by atoms with Crippen molar-refractivity contribution in [3.8, 4) is 22.3 Å². The molecule has 3 aromatic heterocycles. The second-order valence-corrected chi connectivity index (χ2v) is 7.86. The van der Waals surface area contributed by atoms with Gasteiger partial charge in [-0.2, -0.15) is 18.3 Å². The fraction of sp³-hybridized carbons (Fsp3) is 0.154. The van der Waals surface area contributed by atoms with E-state index in [1.54, 1.807) is 42.7 Å². The summed E-state index contributed by atoms with van der Waals surface area (Å²) in [5.74, 6) is -0.821. The van der Waals surface area contributed by atoms with Crippen LogP contribution in [0.25, 0.3) is 22.3 Å². The van der Waals surface area contributed by atoms with Crippen molar-refractivity contribution in [3.05, 3.63) is 89.8 Å². The van der Waals surface area contributed by atoms with E-state index in [0.717, 1.165) is 27.8 Å². The molecule has 4 aromatic rings. The molecule has 0 aliphatic rings. The van der Waals surface area contributed by atoms with Crippen molar-refractivity contribution in [2.45, 2.75) is 13.1 Å². The highest BCUT2D eigenvalue weighted by Crippen LogP contribution is 2.31. The largest absolute Gasteiger partial charge is 0.418 e. The quantitative estimate of drug-likeness (QED) is 0.372. The van der Waals surface area contributed by atoms with Crippen LogP contribution in [0.15, 0.2) is 67.3 Å². The second kappa shape index (κ2) is 12.0. The van der Waals surface area contributed by atoms with Crippen molar-refractivity contribution in [2.24, 2.45) is 0 Å². The lowest BCUT2D eigenvalue weighted by molar-refractivity contribution is -0.137. The zero-order valence-electron chi connectivity index (χ0n) is 20.2. The Bertz CT molecular complexity index is 1410. The Morgan fingerprint density at radius 3 is 2.38 bits per heavy atom. The third-order valence-electron chi connectivity index (χ3n) is 4.99. The van der Waals surface area contributed by atoms with Crippen LogP contribution in [0.4, 0.5) is 18.9 Å². The average Bonchev–Trinajstić information content (AvgIpc) is 2.90. The Labute approximate surface area is 211 Å². The van der Waals surface area contributed by atoms with Gasteiger partial charge in [0.15, 0.2) is 12.0 Å². The van der Waals surface area contributed by atoms with Crippen LogP contribution >= 0.6 is 0 Å². The van der Waals surface area contributed by atoms with E-state index in [2.05, 4.69) is 30.8 Å². The monoisotopic (exact) mass is 508 g/mol. The van der Waals surface area contributed by atoms with Gasteiger partial charge in [0, 0.05) is 35.4 Å². The molecule has 2 N–H and O–H groups in total. The second-order valence-electron chi connectivity index (χ2n) is 7.86. The fourth-order valence-corrected chi connectivity index (χ4v) is 3.28. The van der Waals surface area contributed by atoms with E-state index in [0.29, 0.717) is 29.9 Å². The highest BCUT2D eigenvalue weighted by molar-refractivity contribution is 6.03. The number of hydrogen-bond donors (Lipinski definition) is 2. The molecule has 0 fully saturated rings. The molecule has 0 aliphatic heterocycles. The number of pyridine rings is 2. The molecule has 1 aromatic carbocycles. The van der Waals surface area contributed by atoms with Gasteiger partial charge in [-0.25, -0.2) is 0 Å². The molecule has 0 radical (unpaired) electrons. The van der Waals surface area contributed by atoms with E-state index in [4.69, 9.17) is 0 Å². The van der Waals surface area contributed by atoms with Gasteiger partial charge in [-0.05, 0) is 74.1 Å². The molecular formula is C26H23F3N6O2. The molecule has 11 heteroatoms. The van der Waals surface area contributed by atoms with Crippen LogP contribution in [0.2, 0.25) is 0 Å². The number of anilines is 1. The van der Waals surface area contributed by atoms with Crippen molar-refractivity contribution in [3.63, 3.8) is 0 Å². The summed E-state index contributed by atoms with van der Waals surface area (Å²) in [4.78, 5) is 31.8. The number of aromatic nitrogens is 4. The standard InChI is InChI=1S/C24H16F3N5O2.C2H7N/c1-14-2-3-19(31-23(34)22-8-18(12-30-32-22)24(25,26)27)9-21(14)17-6-16(10-28-11-17)15-4-5-29-20(7-15)13-33;1-3-2/h2-13H,1H3,(H,31,34);3H,1-2H3. The van der Waals surface area contributed by atoms with Gasteiger partial charge in [0.1, 0.15) is 5.69 Å². The summed E-state index contributed by atoms with van der Waals surface area (Å²) in [6.07, 6.45) is 1.41. The molecule has 3 heterocycles. The molecular weight excluding hydrogens is 485 g/mol. The van der Waals surface area contributed by atoms with Crippen LogP contribution in [-0.4, -0.2) is 46.5 Å². The van der Waals surface area contributed by atoms with Crippen molar-refractivity contribution in [1.29, 1.82) is 0 Å². The Hall–Kier alpha value is -4.51. The third-order valence-corrected chi connectivity index (χ3v) is 4.99. The molecule has 4 rings (SSSR count). The van der Waals surface area contributed by atoms with Gasteiger partial charge >= 0.3 is 6.18 Å². The number of carbonyl (C=O) groups excluding carboxylic acids is 2. The third kappa shape index (κ3) is 7.01. The molecule has 0 spiro atoms. The first kappa shape index (κ1) is 27.1. The minimum atomic E-state index is -4.64. The highest BCUT2D eigenvalue weighted by atomic mass is 19.4. The van der Waals surface area contributed by atoms with Crippen LogP contribution in [0, 0.1) is 6.92 Å². The summed E-state index contributed by atoms with van der Waals surface area (Å²) in [7, 11) is 3.75. The minimum absolute atomic E-state index is 0.293. The lowest BCUT2D eigenvalue weighted by atomic mass is 9.98. The number of nitrogens with zero attached hydrogens (tertiary/aromatic N) is 4. The molecule has 37 heavy (non-hydrogen) atoms. The van der Waals surface area contributed by atoms with Crippen LogP contribution in [0.5, 0.6) is 0 Å². The number of rotatable bonds is 5. The van der Waals surface area contributed by atoms with Gasteiger partial charge in [-0.1, -0.05) is 6.07 Å². The summed E-state index contributed by atoms with van der Waals surface area (Å²) >= 11 is 0. The number of halogens is 3. The molecule has 0 atom stereocenters. The smallest absolute Gasteiger partial charge is 0.323 e. The first-order chi connectivity index (χ1) is 17.7. The topological polar surface area (TPSA) is 110 Å². The van der Waals surface area contributed by atoms with Crippen LogP contribution in [0.1, 0.15) is 32.1 Å². The zero-order valence-corrected chi connectivity index (χ0v) is 20.2. The van der Waals surface area contributed by atoms with Gasteiger partial charge in [-0.3, -0.25) is 19.6 Å². The fourth-order valence-electron chi connectivity index (χ4n) is 3.28. The van der Waals surface area contributed by atoms with E-state index < -0.39 is 23.3 Å². The predicted molar refractivity (Wildman–Crippen MR) is 133 cm³/mol. The SMILES string of the molecule is CNC.Cc1ccc(NC(=O)c2cc(C(F)(F)F)cnn2)cc1-c1cncc(-c2ccnc(C=O)c2)c1. The summed E-state index contributed by atoms with van der Waals surface area (Å²) in [6, 6.07) is 11.0. The maximum atomic E-state index is 12.9. The number of aryl methyl sites for hydroxylation is 1. The first-order valence-electron chi connectivity index (χ1n) is 10.9. The van der Waals surface area contributed by atoms with Gasteiger partial charge in [0.25, 0.3) is 5.91 Å². The number of aldehydes is 1.